The summed E-state index contributed by atoms with van der Waals surface area (Å²) in [6, 6.07) is 19.8. The summed E-state index contributed by atoms with van der Waals surface area (Å²) in [6.07, 6.45) is 1.27. The summed E-state index contributed by atoms with van der Waals surface area (Å²) < 4.78 is 5.21. The highest BCUT2D eigenvalue weighted by atomic mass is 16.5. The van der Waals surface area contributed by atoms with Crippen LogP contribution in [0.2, 0.25) is 0 Å². The number of nitrogens with zero attached hydrogens (tertiary/aromatic N) is 1. The molecule has 0 atom stereocenters. The van der Waals surface area contributed by atoms with Gasteiger partial charge in [-0.15, -0.1) is 0 Å². The Hall–Kier alpha value is -2.42. The molecule has 3 nitrogen and oxygen atoms in total. The van der Waals surface area contributed by atoms with Gasteiger partial charge in [0, 0.05) is 0 Å². The van der Waals surface area contributed by atoms with E-state index in [1.165, 1.54) is 6.21 Å². The Labute approximate surface area is 111 Å². The third-order valence-electron chi connectivity index (χ3n) is 3.32. The third kappa shape index (κ3) is 2.03. The van der Waals surface area contributed by atoms with E-state index in [0.29, 0.717) is 0 Å². The van der Waals surface area contributed by atoms with Gasteiger partial charge >= 0.3 is 5.97 Å². The van der Waals surface area contributed by atoms with E-state index in [1.54, 1.807) is 0 Å². The van der Waals surface area contributed by atoms with Crippen LogP contribution in [-0.4, -0.2) is 18.8 Å². The summed E-state index contributed by atoms with van der Waals surface area (Å²) in [5.41, 5.74) is 1.41. The molecule has 1 heterocycles. The predicted octanol–water partition coefficient (Wildman–Crippen LogP) is 2.56. The van der Waals surface area contributed by atoms with Crippen LogP contribution in [0.3, 0.4) is 0 Å². The molecule has 94 valence electrons. The van der Waals surface area contributed by atoms with E-state index in [2.05, 4.69) is 4.99 Å². The van der Waals surface area contributed by atoms with Crippen LogP contribution in [-0.2, 0) is 15.1 Å². The van der Waals surface area contributed by atoms with Gasteiger partial charge in [-0.3, -0.25) is 4.99 Å². The lowest BCUT2D eigenvalue weighted by Crippen LogP contribution is -2.36. The topological polar surface area (TPSA) is 38.7 Å². The highest BCUT2D eigenvalue weighted by molar-refractivity contribution is 6.23. The van der Waals surface area contributed by atoms with Crippen molar-refractivity contribution in [2.24, 2.45) is 4.99 Å². The Kier molecular flexibility index (Phi) is 2.88. The van der Waals surface area contributed by atoms with Gasteiger partial charge in [-0.25, -0.2) is 4.79 Å². The first-order chi connectivity index (χ1) is 9.31. The second-order valence-corrected chi connectivity index (χ2v) is 4.46. The first-order valence-electron chi connectivity index (χ1n) is 6.14. The highest BCUT2D eigenvalue weighted by Gasteiger charge is 2.37. The van der Waals surface area contributed by atoms with Gasteiger partial charge in [0.25, 0.3) is 0 Å². The SMILES string of the molecule is O=C1C=NC(c2ccccc2)(c2ccccc2)CO1. The maximum absolute atomic E-state index is 11.2. The molecule has 0 spiro atoms. The number of aliphatic imine (C=N–C) groups is 1. The first-order valence-corrected chi connectivity index (χ1v) is 6.14. The minimum atomic E-state index is -0.629. The van der Waals surface area contributed by atoms with Gasteiger partial charge in [-0.2, -0.15) is 0 Å². The normalized spacial score (nSPS) is 16.9. The average molecular weight is 251 g/mol. The van der Waals surface area contributed by atoms with Gasteiger partial charge in [0.2, 0.25) is 0 Å². The zero-order valence-corrected chi connectivity index (χ0v) is 10.3. The first kappa shape index (κ1) is 11.7. The fourth-order valence-corrected chi connectivity index (χ4v) is 2.32. The van der Waals surface area contributed by atoms with Crippen LogP contribution in [0.4, 0.5) is 0 Å². The lowest BCUT2D eigenvalue weighted by molar-refractivity contribution is -0.137. The maximum atomic E-state index is 11.2. The van der Waals surface area contributed by atoms with E-state index in [1.807, 2.05) is 60.7 Å². The van der Waals surface area contributed by atoms with Crippen molar-refractivity contribution in [3.8, 4) is 0 Å². The van der Waals surface area contributed by atoms with Gasteiger partial charge < -0.3 is 4.74 Å². The molecule has 0 aromatic heterocycles. The fraction of sp³-hybridized carbons (Fsp3) is 0.125. The lowest BCUT2D eigenvalue weighted by atomic mass is 9.83. The third-order valence-corrected chi connectivity index (χ3v) is 3.32. The molecular weight excluding hydrogens is 238 g/mol. The molecule has 0 fully saturated rings. The lowest BCUT2D eigenvalue weighted by Gasteiger charge is -2.32. The minimum Gasteiger partial charge on any atom is -0.458 e. The van der Waals surface area contributed by atoms with E-state index in [-0.39, 0.29) is 12.6 Å². The van der Waals surface area contributed by atoms with Crippen LogP contribution in [0.5, 0.6) is 0 Å². The Morgan fingerprint density at radius 3 is 1.84 bits per heavy atom. The minimum absolute atomic E-state index is 0.232. The summed E-state index contributed by atoms with van der Waals surface area (Å²) in [7, 11) is 0. The number of carbonyl (C=O) groups is 1. The Balaban J connectivity index is 2.17. The van der Waals surface area contributed by atoms with Gasteiger partial charge in [-0.1, -0.05) is 60.7 Å². The zero-order chi connectivity index (χ0) is 13.1. The zero-order valence-electron chi connectivity index (χ0n) is 10.3. The number of rotatable bonds is 2. The van der Waals surface area contributed by atoms with Crippen molar-refractivity contribution >= 4 is 12.2 Å². The molecule has 3 heteroatoms. The van der Waals surface area contributed by atoms with Crippen LogP contribution in [0.15, 0.2) is 65.7 Å². The van der Waals surface area contributed by atoms with Crippen molar-refractivity contribution in [2.75, 3.05) is 6.61 Å². The predicted molar refractivity (Wildman–Crippen MR) is 73.1 cm³/mol. The number of carbonyl (C=O) groups excluding carboxylic acids is 1. The van der Waals surface area contributed by atoms with E-state index in [0.717, 1.165) is 11.1 Å². The Morgan fingerprint density at radius 1 is 0.895 bits per heavy atom. The fourth-order valence-electron chi connectivity index (χ4n) is 2.32. The largest absolute Gasteiger partial charge is 0.458 e. The van der Waals surface area contributed by atoms with E-state index >= 15 is 0 Å². The molecule has 0 unspecified atom stereocenters. The molecular formula is C16H13NO2. The molecule has 0 bridgehead atoms. The smallest absolute Gasteiger partial charge is 0.349 e. The Morgan fingerprint density at radius 2 is 1.42 bits per heavy atom. The van der Waals surface area contributed by atoms with Gasteiger partial charge in [0.05, 0.1) is 0 Å². The van der Waals surface area contributed by atoms with Crippen molar-refractivity contribution in [1.29, 1.82) is 0 Å². The Bertz CT molecular complexity index is 566. The molecule has 0 N–H and O–H groups in total. The summed E-state index contributed by atoms with van der Waals surface area (Å²) >= 11 is 0. The molecule has 0 radical (unpaired) electrons. The second-order valence-electron chi connectivity index (χ2n) is 4.46. The quantitative estimate of drug-likeness (QED) is 0.769. The summed E-state index contributed by atoms with van der Waals surface area (Å²) in [6.45, 7) is 0.232. The van der Waals surface area contributed by atoms with Gasteiger partial charge in [0.15, 0.2) is 0 Å². The number of hydrogen-bond donors (Lipinski definition) is 0. The molecule has 1 aliphatic heterocycles. The average Bonchev–Trinajstić information content (AvgIpc) is 2.50. The van der Waals surface area contributed by atoms with E-state index in [4.69, 9.17) is 4.74 Å². The standard InChI is InChI=1S/C16H13NO2/c18-15-11-17-16(12-19-15,13-7-3-1-4-8-13)14-9-5-2-6-10-14/h1-11H,12H2. The molecule has 0 saturated heterocycles. The van der Waals surface area contributed by atoms with Crippen LogP contribution in [0, 0.1) is 0 Å². The van der Waals surface area contributed by atoms with E-state index in [9.17, 15) is 4.79 Å². The molecule has 19 heavy (non-hydrogen) atoms. The highest BCUT2D eigenvalue weighted by Crippen LogP contribution is 2.35. The molecule has 3 rings (SSSR count). The summed E-state index contributed by atoms with van der Waals surface area (Å²) in [5.74, 6) is -0.387. The molecule has 0 saturated carbocycles. The van der Waals surface area contributed by atoms with Crippen molar-refractivity contribution in [3.63, 3.8) is 0 Å². The maximum Gasteiger partial charge on any atom is 0.349 e. The van der Waals surface area contributed by atoms with Gasteiger partial charge in [-0.05, 0) is 11.1 Å². The number of ether oxygens (including phenoxy) is 1. The van der Waals surface area contributed by atoms with Crippen molar-refractivity contribution in [3.05, 3.63) is 71.8 Å². The van der Waals surface area contributed by atoms with Crippen LogP contribution < -0.4 is 0 Å². The van der Waals surface area contributed by atoms with Crippen molar-refractivity contribution in [1.82, 2.24) is 0 Å². The number of benzene rings is 2. The molecule has 0 amide bonds. The second kappa shape index (κ2) is 4.69. The monoisotopic (exact) mass is 251 g/mol. The molecule has 2 aromatic rings. The number of cyclic esters (lactones) is 1. The number of esters is 1. The van der Waals surface area contributed by atoms with Crippen molar-refractivity contribution < 1.29 is 9.53 Å². The van der Waals surface area contributed by atoms with Crippen LogP contribution in [0.1, 0.15) is 11.1 Å². The number of hydrogen-bond acceptors (Lipinski definition) is 3. The summed E-state index contributed by atoms with van der Waals surface area (Å²) in [4.78, 5) is 15.7. The molecule has 1 aliphatic rings. The van der Waals surface area contributed by atoms with Crippen molar-refractivity contribution in [2.45, 2.75) is 5.54 Å². The van der Waals surface area contributed by atoms with E-state index < -0.39 is 5.54 Å². The van der Waals surface area contributed by atoms with Gasteiger partial charge in [0.1, 0.15) is 18.4 Å². The molecule has 2 aromatic carbocycles. The molecule has 0 aliphatic carbocycles. The van der Waals surface area contributed by atoms with Crippen LogP contribution in [0.25, 0.3) is 0 Å². The van der Waals surface area contributed by atoms with Crippen LogP contribution >= 0.6 is 0 Å². The summed E-state index contributed by atoms with van der Waals surface area (Å²) in [5, 5.41) is 0.